The molecule has 0 spiro atoms. The Labute approximate surface area is 385 Å². The van der Waals surface area contributed by atoms with Crippen LogP contribution < -0.4 is 52.2 Å². The van der Waals surface area contributed by atoms with Crippen LogP contribution in [0.15, 0.2) is 267 Å². The molecule has 0 atom stereocenters. The predicted molar refractivity (Wildman–Crippen MR) is 287 cm³/mol. The first-order valence-electron chi connectivity index (χ1n) is 21.9. The van der Waals surface area contributed by atoms with Crippen molar-refractivity contribution in [1.29, 1.82) is 0 Å². The summed E-state index contributed by atoms with van der Waals surface area (Å²) in [6, 6.07) is 99.1. The minimum absolute atomic E-state index is 0.698. The second-order valence-corrected chi connectivity index (χ2v) is 24.2. The van der Waals surface area contributed by atoms with Crippen molar-refractivity contribution < 1.29 is 0 Å². The summed E-state index contributed by atoms with van der Waals surface area (Å²) in [4.78, 5) is 5.40. The van der Waals surface area contributed by atoms with Gasteiger partial charge in [-0.2, -0.15) is 0 Å². The van der Waals surface area contributed by atoms with Gasteiger partial charge in [0.1, 0.15) is 0 Å². The third kappa shape index (κ3) is 11.1. The highest BCUT2D eigenvalue weighted by atomic mass is 31.1. The summed E-state index contributed by atoms with van der Waals surface area (Å²) >= 11 is 0. The van der Waals surface area contributed by atoms with Gasteiger partial charge in [-0.15, -0.1) is 0 Å². The minimum Gasteiger partial charge on any atom is -0.362 e. The fourth-order valence-electron chi connectivity index (χ4n) is 8.09. The van der Waals surface area contributed by atoms with Crippen LogP contribution in [0.3, 0.4) is 0 Å². The summed E-state index contributed by atoms with van der Waals surface area (Å²) < 4.78 is 0. The number of hydrogen-bond donors (Lipinski definition) is 0. The van der Waals surface area contributed by atoms with Gasteiger partial charge >= 0.3 is 0 Å². The average molecular weight is 901 g/mol. The summed E-state index contributed by atoms with van der Waals surface area (Å²) in [5.74, 6) is 0. The third-order valence-electron chi connectivity index (χ3n) is 11.4. The molecule has 64 heavy (non-hydrogen) atoms. The maximum atomic E-state index is 2.70. The van der Waals surface area contributed by atoms with E-state index in [1.165, 1.54) is 53.8 Å². The molecule has 9 rings (SSSR count). The lowest BCUT2D eigenvalue weighted by atomic mass is 10.2. The molecule has 0 aromatic heterocycles. The number of nitrogens with zero attached hydrogens (tertiary/aromatic N) is 2. The van der Waals surface area contributed by atoms with Crippen molar-refractivity contribution in [3.63, 3.8) is 0 Å². The Morgan fingerprint density at radius 2 is 0.328 bits per heavy atom. The monoisotopic (exact) mass is 900 g/mol. The molecule has 0 aliphatic heterocycles. The Hall–Kier alpha value is -5.70. The molecule has 0 heterocycles. The second kappa shape index (κ2) is 22.3. The molecular weight excluding hydrogens is 849 g/mol. The molecule has 6 heteroatoms. The van der Waals surface area contributed by atoms with Crippen LogP contribution in [0.2, 0.25) is 0 Å². The van der Waals surface area contributed by atoms with Crippen LogP contribution in [0.4, 0.5) is 11.4 Å². The van der Waals surface area contributed by atoms with Gasteiger partial charge in [0.2, 0.25) is 0 Å². The molecule has 9 aromatic carbocycles. The van der Waals surface area contributed by atoms with E-state index < -0.39 is 31.7 Å². The van der Waals surface area contributed by atoms with E-state index >= 15 is 0 Å². The molecule has 0 saturated heterocycles. The van der Waals surface area contributed by atoms with Gasteiger partial charge in [0, 0.05) is 36.5 Å². The van der Waals surface area contributed by atoms with Crippen LogP contribution in [0.5, 0.6) is 0 Å². The topological polar surface area (TPSA) is 6.48 Å². The largest absolute Gasteiger partial charge is 0.362 e. The fraction of sp³-hybridized carbons (Fsp3) is 0.0690. The van der Waals surface area contributed by atoms with E-state index in [-0.39, 0.29) is 0 Å². The standard InChI is InChI=1S/C58H52N2P4/c1-9-25-51(26-10-1)61(52-27-11-2-12-28-52)45-59(46-62(53-29-13-3-14-30-53)54-31-15-4-16-32-54)49-41-43-50(44-42-49)60(47-63(55-33-17-5-18-34-55)56-35-19-6-20-36-56)48-64(57-37-21-7-22-38-57)58-39-23-8-24-40-58/h1-44H,45-48H2. The van der Waals surface area contributed by atoms with Gasteiger partial charge in [0.25, 0.3) is 0 Å². The van der Waals surface area contributed by atoms with Gasteiger partial charge in [-0.05, 0) is 98.4 Å². The smallest absolute Gasteiger partial charge is 0.0463 e. The molecule has 0 saturated carbocycles. The lowest BCUT2D eigenvalue weighted by molar-refractivity contribution is 1.04. The van der Waals surface area contributed by atoms with E-state index in [0.29, 0.717) is 0 Å². The van der Waals surface area contributed by atoms with Crippen LogP contribution in [0.25, 0.3) is 0 Å². The zero-order valence-corrected chi connectivity index (χ0v) is 39.5. The fourth-order valence-corrected chi connectivity index (χ4v) is 17.6. The van der Waals surface area contributed by atoms with Crippen molar-refractivity contribution in [1.82, 2.24) is 0 Å². The van der Waals surface area contributed by atoms with Gasteiger partial charge in [0.05, 0.1) is 0 Å². The van der Waals surface area contributed by atoms with Crippen molar-refractivity contribution in [2.24, 2.45) is 0 Å². The Morgan fingerprint density at radius 1 is 0.188 bits per heavy atom. The van der Waals surface area contributed by atoms with Crippen molar-refractivity contribution in [2.75, 3.05) is 34.9 Å². The minimum atomic E-state index is -0.698. The maximum absolute atomic E-state index is 2.70. The van der Waals surface area contributed by atoms with Crippen LogP contribution in [0.1, 0.15) is 0 Å². The SMILES string of the molecule is c1ccc(P(CN(CP(c2ccccc2)c2ccccc2)c2ccc(N(CP(c3ccccc3)c3ccccc3)CP(c3ccccc3)c3ccccc3)cc2)c2ccccc2)cc1. The Bertz CT molecular complexity index is 2200. The van der Waals surface area contributed by atoms with Crippen LogP contribution in [-0.4, -0.2) is 25.1 Å². The number of rotatable bonds is 18. The van der Waals surface area contributed by atoms with Gasteiger partial charge in [0.15, 0.2) is 0 Å². The predicted octanol–water partition coefficient (Wildman–Crippen LogP) is 11.7. The summed E-state index contributed by atoms with van der Waals surface area (Å²) in [5.41, 5.74) is 2.51. The van der Waals surface area contributed by atoms with E-state index in [1.807, 2.05) is 0 Å². The molecule has 0 amide bonds. The van der Waals surface area contributed by atoms with Crippen LogP contribution in [-0.2, 0) is 0 Å². The summed E-state index contributed by atoms with van der Waals surface area (Å²) in [6.45, 7) is 0. The highest BCUT2D eigenvalue weighted by Crippen LogP contribution is 2.44. The van der Waals surface area contributed by atoms with E-state index in [1.54, 1.807) is 0 Å². The summed E-state index contributed by atoms with van der Waals surface area (Å²) in [6.07, 6.45) is 3.63. The number of anilines is 2. The van der Waals surface area contributed by atoms with Crippen molar-refractivity contribution >= 4 is 85.5 Å². The normalized spacial score (nSPS) is 11.3. The van der Waals surface area contributed by atoms with Crippen molar-refractivity contribution in [3.05, 3.63) is 267 Å². The molecule has 0 fully saturated rings. The lowest BCUT2D eigenvalue weighted by Crippen LogP contribution is -2.33. The Balaban J connectivity index is 1.14. The van der Waals surface area contributed by atoms with E-state index in [9.17, 15) is 0 Å². The zero-order chi connectivity index (χ0) is 43.2. The molecule has 0 unspecified atom stereocenters. The average Bonchev–Trinajstić information content (AvgIpc) is 3.39. The number of benzene rings is 9. The highest BCUT2D eigenvalue weighted by molar-refractivity contribution is 7.75. The number of hydrogen-bond acceptors (Lipinski definition) is 2. The van der Waals surface area contributed by atoms with Crippen LogP contribution in [0, 0.1) is 0 Å². The van der Waals surface area contributed by atoms with E-state index in [0.717, 1.165) is 25.1 Å². The lowest BCUT2D eigenvalue weighted by Gasteiger charge is -2.35. The van der Waals surface area contributed by atoms with Crippen molar-refractivity contribution in [2.45, 2.75) is 0 Å². The first-order valence-corrected chi connectivity index (χ1v) is 28.0. The Kier molecular flexibility index (Phi) is 15.2. The van der Waals surface area contributed by atoms with Gasteiger partial charge in [-0.3, -0.25) is 0 Å². The summed E-state index contributed by atoms with van der Waals surface area (Å²) in [5, 5.41) is 11.2. The van der Waals surface area contributed by atoms with Crippen molar-refractivity contribution in [3.8, 4) is 0 Å². The van der Waals surface area contributed by atoms with Gasteiger partial charge in [-0.25, -0.2) is 0 Å². The molecule has 0 aliphatic carbocycles. The molecule has 0 bridgehead atoms. The molecule has 314 valence electrons. The summed E-state index contributed by atoms with van der Waals surface area (Å²) in [7, 11) is -2.79. The molecule has 2 nitrogen and oxygen atoms in total. The highest BCUT2D eigenvalue weighted by Gasteiger charge is 2.26. The molecule has 0 radical (unpaired) electrons. The maximum Gasteiger partial charge on any atom is 0.0463 e. The third-order valence-corrected chi connectivity index (χ3v) is 21.2. The molecule has 9 aromatic rings. The first kappa shape index (κ1) is 43.5. The first-order chi connectivity index (χ1) is 31.8. The molecule has 0 N–H and O–H groups in total. The van der Waals surface area contributed by atoms with Gasteiger partial charge < -0.3 is 9.80 Å². The van der Waals surface area contributed by atoms with E-state index in [4.69, 9.17) is 0 Å². The molecular formula is C58H52N2P4. The Morgan fingerprint density at radius 3 is 0.469 bits per heavy atom. The second-order valence-electron chi connectivity index (χ2n) is 15.6. The van der Waals surface area contributed by atoms with Gasteiger partial charge in [-0.1, -0.05) is 243 Å². The quantitative estimate of drug-likeness (QED) is 0.0792. The molecule has 0 aliphatic rings. The van der Waals surface area contributed by atoms with E-state index in [2.05, 4.69) is 277 Å². The van der Waals surface area contributed by atoms with Crippen LogP contribution >= 0.6 is 31.7 Å². The zero-order valence-electron chi connectivity index (χ0n) is 35.9.